The standard InChI is InChI=1S/C21H21FN2O2S/c1-14-3-9-18(10-4-14)26-13-20(25)23-12-21-24-15(2)19(27-21)11-16-5-7-17(22)8-6-16/h3-10H,11-13H2,1-2H3,(H,23,25). The first kappa shape index (κ1) is 19.0. The van der Waals surface area contributed by atoms with E-state index in [4.69, 9.17) is 4.74 Å². The molecule has 1 heterocycles. The number of carbonyl (C=O) groups excluding carboxylic acids is 1. The van der Waals surface area contributed by atoms with Crippen LogP contribution < -0.4 is 10.1 Å². The molecule has 6 heteroatoms. The van der Waals surface area contributed by atoms with Crippen LogP contribution in [0.4, 0.5) is 4.39 Å². The molecule has 0 atom stereocenters. The molecule has 0 aliphatic carbocycles. The summed E-state index contributed by atoms with van der Waals surface area (Å²) in [4.78, 5) is 17.6. The van der Waals surface area contributed by atoms with Crippen LogP contribution in [0, 0.1) is 19.7 Å². The predicted molar refractivity (Wildman–Crippen MR) is 105 cm³/mol. The molecule has 1 amide bonds. The summed E-state index contributed by atoms with van der Waals surface area (Å²) >= 11 is 1.56. The number of rotatable bonds is 7. The van der Waals surface area contributed by atoms with Crippen LogP contribution in [0.2, 0.25) is 0 Å². The van der Waals surface area contributed by atoms with Crippen molar-refractivity contribution in [2.24, 2.45) is 0 Å². The van der Waals surface area contributed by atoms with Gasteiger partial charge in [0.2, 0.25) is 0 Å². The summed E-state index contributed by atoms with van der Waals surface area (Å²) in [6, 6.07) is 14.0. The molecule has 0 saturated carbocycles. The third kappa shape index (κ3) is 5.62. The van der Waals surface area contributed by atoms with Gasteiger partial charge in [-0.2, -0.15) is 0 Å². The molecule has 2 aromatic carbocycles. The third-order valence-corrected chi connectivity index (χ3v) is 5.20. The van der Waals surface area contributed by atoms with Crippen LogP contribution in [0.15, 0.2) is 48.5 Å². The van der Waals surface area contributed by atoms with Crippen LogP contribution in [0.25, 0.3) is 0 Å². The number of benzene rings is 2. The van der Waals surface area contributed by atoms with E-state index in [1.807, 2.05) is 38.1 Å². The van der Waals surface area contributed by atoms with Crippen molar-refractivity contribution >= 4 is 17.2 Å². The number of nitrogens with zero attached hydrogens (tertiary/aromatic N) is 1. The van der Waals surface area contributed by atoms with Gasteiger partial charge in [-0.25, -0.2) is 9.37 Å². The summed E-state index contributed by atoms with van der Waals surface area (Å²) in [5, 5.41) is 3.67. The van der Waals surface area contributed by atoms with Crippen molar-refractivity contribution in [2.75, 3.05) is 6.61 Å². The number of amides is 1. The maximum absolute atomic E-state index is 13.0. The summed E-state index contributed by atoms with van der Waals surface area (Å²) < 4.78 is 18.5. The van der Waals surface area contributed by atoms with E-state index in [9.17, 15) is 9.18 Å². The van der Waals surface area contributed by atoms with Gasteiger partial charge in [-0.15, -0.1) is 11.3 Å². The molecule has 0 aliphatic heterocycles. The van der Waals surface area contributed by atoms with E-state index in [2.05, 4.69) is 10.3 Å². The highest BCUT2D eigenvalue weighted by Gasteiger charge is 2.10. The monoisotopic (exact) mass is 384 g/mol. The minimum Gasteiger partial charge on any atom is -0.484 e. The molecule has 3 aromatic rings. The van der Waals surface area contributed by atoms with Crippen molar-refractivity contribution in [1.29, 1.82) is 0 Å². The zero-order valence-corrected chi connectivity index (χ0v) is 16.1. The minimum atomic E-state index is -0.240. The van der Waals surface area contributed by atoms with Crippen LogP contribution in [-0.2, 0) is 17.8 Å². The number of ether oxygens (including phenoxy) is 1. The second-order valence-electron chi connectivity index (χ2n) is 6.30. The molecule has 0 saturated heterocycles. The maximum atomic E-state index is 13.0. The molecule has 0 aliphatic rings. The molecule has 0 radical (unpaired) electrons. The van der Waals surface area contributed by atoms with Crippen LogP contribution in [-0.4, -0.2) is 17.5 Å². The lowest BCUT2D eigenvalue weighted by Crippen LogP contribution is -2.28. The van der Waals surface area contributed by atoms with E-state index in [-0.39, 0.29) is 18.3 Å². The van der Waals surface area contributed by atoms with Crippen molar-refractivity contribution in [2.45, 2.75) is 26.8 Å². The van der Waals surface area contributed by atoms with Gasteiger partial charge < -0.3 is 10.1 Å². The van der Waals surface area contributed by atoms with Crippen molar-refractivity contribution in [3.05, 3.63) is 81.1 Å². The molecule has 1 aromatic heterocycles. The van der Waals surface area contributed by atoms with Crippen molar-refractivity contribution in [3.63, 3.8) is 0 Å². The zero-order chi connectivity index (χ0) is 19.2. The van der Waals surface area contributed by atoms with E-state index in [1.165, 1.54) is 12.1 Å². The molecular weight excluding hydrogens is 363 g/mol. The molecule has 0 fully saturated rings. The molecule has 1 N–H and O–H groups in total. The van der Waals surface area contributed by atoms with E-state index in [1.54, 1.807) is 23.5 Å². The fourth-order valence-electron chi connectivity index (χ4n) is 2.52. The van der Waals surface area contributed by atoms with Gasteiger partial charge in [-0.05, 0) is 43.7 Å². The molecule has 27 heavy (non-hydrogen) atoms. The maximum Gasteiger partial charge on any atom is 0.258 e. The first-order valence-electron chi connectivity index (χ1n) is 8.65. The number of aromatic nitrogens is 1. The van der Waals surface area contributed by atoms with Gasteiger partial charge in [-0.3, -0.25) is 4.79 Å². The fraction of sp³-hybridized carbons (Fsp3) is 0.238. The zero-order valence-electron chi connectivity index (χ0n) is 15.3. The number of halogens is 1. The smallest absolute Gasteiger partial charge is 0.258 e. The molecule has 3 rings (SSSR count). The Morgan fingerprint density at radius 3 is 2.52 bits per heavy atom. The SMILES string of the molecule is Cc1ccc(OCC(=O)NCc2nc(C)c(Cc3ccc(F)cc3)s2)cc1. The fourth-order valence-corrected chi connectivity index (χ4v) is 3.57. The second-order valence-corrected chi connectivity index (χ2v) is 7.47. The number of hydrogen-bond donors (Lipinski definition) is 1. The molecule has 0 bridgehead atoms. The summed E-state index contributed by atoms with van der Waals surface area (Å²) in [6.07, 6.45) is 0.703. The Balaban J connectivity index is 1.49. The Labute approximate surface area is 162 Å². The lowest BCUT2D eigenvalue weighted by atomic mass is 10.1. The summed E-state index contributed by atoms with van der Waals surface area (Å²) in [5.41, 5.74) is 3.11. The van der Waals surface area contributed by atoms with Gasteiger partial charge in [-0.1, -0.05) is 29.8 Å². The Bertz CT molecular complexity index is 905. The lowest BCUT2D eigenvalue weighted by molar-refractivity contribution is -0.123. The van der Waals surface area contributed by atoms with Crippen molar-refractivity contribution < 1.29 is 13.9 Å². The van der Waals surface area contributed by atoms with E-state index in [0.29, 0.717) is 18.7 Å². The minimum absolute atomic E-state index is 0.0319. The van der Waals surface area contributed by atoms with Gasteiger partial charge in [0.25, 0.3) is 5.91 Å². The number of hydrogen-bond acceptors (Lipinski definition) is 4. The highest BCUT2D eigenvalue weighted by molar-refractivity contribution is 7.11. The lowest BCUT2D eigenvalue weighted by Gasteiger charge is -2.06. The van der Waals surface area contributed by atoms with Gasteiger partial charge in [0, 0.05) is 11.3 Å². The number of aryl methyl sites for hydroxylation is 2. The van der Waals surface area contributed by atoms with E-state index >= 15 is 0 Å². The van der Waals surface area contributed by atoms with Gasteiger partial charge in [0.05, 0.1) is 12.2 Å². The summed E-state index contributed by atoms with van der Waals surface area (Å²) in [7, 11) is 0. The molecule has 0 unspecified atom stereocenters. The number of nitrogens with one attached hydrogen (secondary N) is 1. The third-order valence-electron chi connectivity index (χ3n) is 4.04. The first-order valence-corrected chi connectivity index (χ1v) is 9.47. The summed E-state index contributed by atoms with van der Waals surface area (Å²) in [5.74, 6) is 0.238. The first-order chi connectivity index (χ1) is 13.0. The topological polar surface area (TPSA) is 51.2 Å². The second kappa shape index (κ2) is 8.77. The van der Waals surface area contributed by atoms with Gasteiger partial charge >= 0.3 is 0 Å². The van der Waals surface area contributed by atoms with E-state index < -0.39 is 0 Å². The highest BCUT2D eigenvalue weighted by atomic mass is 32.1. The Morgan fingerprint density at radius 1 is 1.11 bits per heavy atom. The van der Waals surface area contributed by atoms with Crippen LogP contribution in [0.5, 0.6) is 5.75 Å². The Hall–Kier alpha value is -2.73. The average molecular weight is 384 g/mol. The highest BCUT2D eigenvalue weighted by Crippen LogP contribution is 2.22. The van der Waals surface area contributed by atoms with Crippen LogP contribution in [0.3, 0.4) is 0 Å². The normalized spacial score (nSPS) is 10.6. The van der Waals surface area contributed by atoms with E-state index in [0.717, 1.165) is 26.7 Å². The Kier molecular flexibility index (Phi) is 6.19. The number of thiazole rings is 1. The number of carbonyl (C=O) groups is 1. The van der Waals surface area contributed by atoms with Gasteiger partial charge in [0.15, 0.2) is 6.61 Å². The van der Waals surface area contributed by atoms with Crippen LogP contribution in [0.1, 0.15) is 26.7 Å². The van der Waals surface area contributed by atoms with Gasteiger partial charge in [0.1, 0.15) is 16.6 Å². The predicted octanol–water partition coefficient (Wildman–Crippen LogP) is 4.19. The molecule has 140 valence electrons. The van der Waals surface area contributed by atoms with Crippen molar-refractivity contribution in [1.82, 2.24) is 10.3 Å². The molecule has 0 spiro atoms. The van der Waals surface area contributed by atoms with Crippen LogP contribution >= 0.6 is 11.3 Å². The summed E-state index contributed by atoms with van der Waals surface area (Å²) in [6.45, 7) is 4.28. The Morgan fingerprint density at radius 2 is 1.81 bits per heavy atom. The average Bonchev–Trinajstić information content (AvgIpc) is 3.01. The molecule has 4 nitrogen and oxygen atoms in total. The quantitative estimate of drug-likeness (QED) is 0.665. The molecular formula is C21H21FN2O2S. The largest absolute Gasteiger partial charge is 0.484 e. The van der Waals surface area contributed by atoms with Crippen molar-refractivity contribution in [3.8, 4) is 5.75 Å².